The first-order chi connectivity index (χ1) is 10.0. The smallest absolute Gasteiger partial charge is 0.242 e. The van der Waals surface area contributed by atoms with E-state index < -0.39 is 10.0 Å². The summed E-state index contributed by atoms with van der Waals surface area (Å²) in [5.74, 6) is 0. The van der Waals surface area contributed by atoms with Gasteiger partial charge in [-0.05, 0) is 25.1 Å². The minimum atomic E-state index is -3.45. The molecule has 0 unspecified atom stereocenters. The third-order valence-electron chi connectivity index (χ3n) is 3.30. The molecule has 0 aliphatic heterocycles. The Balaban J connectivity index is 2.00. The first-order valence-electron chi connectivity index (χ1n) is 6.86. The lowest BCUT2D eigenvalue weighted by molar-refractivity contribution is 0.581. The third kappa shape index (κ3) is 4.17. The Bertz CT molecular complexity index is 678. The number of sulfonamides is 1. The molecule has 2 aromatic rings. The van der Waals surface area contributed by atoms with Crippen molar-refractivity contribution >= 4 is 10.0 Å². The van der Waals surface area contributed by atoms with Gasteiger partial charge in [-0.1, -0.05) is 30.3 Å². The second-order valence-electron chi connectivity index (χ2n) is 4.94. The Morgan fingerprint density at radius 3 is 2.57 bits per heavy atom. The summed E-state index contributed by atoms with van der Waals surface area (Å²) in [5.41, 5.74) is 2.05. The Hall–Kier alpha value is -1.63. The van der Waals surface area contributed by atoms with Crippen LogP contribution in [0.15, 0.2) is 47.5 Å². The summed E-state index contributed by atoms with van der Waals surface area (Å²) in [6.07, 6.45) is 2.31. The number of hydrogen-bond acceptors (Lipinski definition) is 3. The van der Waals surface area contributed by atoms with Gasteiger partial charge in [0.15, 0.2) is 0 Å². The Kier molecular flexibility index (Phi) is 5.17. The van der Waals surface area contributed by atoms with Crippen LogP contribution in [0.3, 0.4) is 0 Å². The second kappa shape index (κ2) is 6.89. The molecule has 0 spiro atoms. The van der Waals surface area contributed by atoms with Crippen LogP contribution in [0.5, 0.6) is 0 Å². The van der Waals surface area contributed by atoms with Crippen molar-refractivity contribution in [1.29, 1.82) is 0 Å². The highest BCUT2D eigenvalue weighted by atomic mass is 32.2. The number of nitrogens with one attached hydrogen (secondary N) is 2. The summed E-state index contributed by atoms with van der Waals surface area (Å²) in [4.78, 5) is 0.309. The van der Waals surface area contributed by atoms with Crippen LogP contribution in [0.4, 0.5) is 0 Å². The Labute approximate surface area is 126 Å². The first-order valence-corrected chi connectivity index (χ1v) is 8.34. The molecule has 0 saturated carbocycles. The van der Waals surface area contributed by atoms with Gasteiger partial charge in [0.2, 0.25) is 10.0 Å². The number of aryl methyl sites for hydroxylation is 1. The molecule has 5 nitrogen and oxygen atoms in total. The summed E-state index contributed by atoms with van der Waals surface area (Å²) >= 11 is 0. The maximum atomic E-state index is 12.2. The van der Waals surface area contributed by atoms with Gasteiger partial charge >= 0.3 is 0 Å². The molecule has 0 aliphatic rings. The van der Waals surface area contributed by atoms with Crippen LogP contribution in [0, 0.1) is 0 Å². The van der Waals surface area contributed by atoms with Crippen molar-refractivity contribution < 1.29 is 8.42 Å². The Morgan fingerprint density at radius 2 is 1.90 bits per heavy atom. The fraction of sp³-hybridized carbons (Fsp3) is 0.333. The van der Waals surface area contributed by atoms with Gasteiger partial charge < -0.3 is 9.88 Å². The van der Waals surface area contributed by atoms with Crippen LogP contribution in [0.25, 0.3) is 0 Å². The first kappa shape index (κ1) is 15.8. The van der Waals surface area contributed by atoms with Gasteiger partial charge in [0.1, 0.15) is 0 Å². The minimum absolute atomic E-state index is 0.309. The van der Waals surface area contributed by atoms with Gasteiger partial charge in [0.05, 0.1) is 4.90 Å². The van der Waals surface area contributed by atoms with Gasteiger partial charge in [-0.25, -0.2) is 13.1 Å². The Morgan fingerprint density at radius 1 is 1.19 bits per heavy atom. The van der Waals surface area contributed by atoms with Crippen LogP contribution in [0.1, 0.15) is 11.3 Å². The number of benzene rings is 1. The molecular formula is C15H21N3O2S. The van der Waals surface area contributed by atoms with Crippen molar-refractivity contribution in [1.82, 2.24) is 14.6 Å². The number of aromatic nitrogens is 1. The average Bonchev–Trinajstić information content (AvgIpc) is 2.83. The van der Waals surface area contributed by atoms with Crippen molar-refractivity contribution in [2.24, 2.45) is 7.05 Å². The van der Waals surface area contributed by atoms with E-state index in [1.54, 1.807) is 12.3 Å². The zero-order valence-corrected chi connectivity index (χ0v) is 13.2. The van der Waals surface area contributed by atoms with E-state index in [0.29, 0.717) is 24.4 Å². The zero-order chi connectivity index (χ0) is 15.3. The molecule has 21 heavy (non-hydrogen) atoms. The highest BCUT2D eigenvalue weighted by Crippen LogP contribution is 2.13. The monoisotopic (exact) mass is 307 g/mol. The van der Waals surface area contributed by atoms with Gasteiger partial charge in [0.25, 0.3) is 0 Å². The fourth-order valence-electron chi connectivity index (χ4n) is 2.14. The molecule has 1 heterocycles. The van der Waals surface area contributed by atoms with E-state index in [1.807, 2.05) is 49.0 Å². The molecule has 0 saturated heterocycles. The van der Waals surface area contributed by atoms with E-state index in [0.717, 1.165) is 11.3 Å². The lowest BCUT2D eigenvalue weighted by Crippen LogP contribution is -2.25. The molecule has 0 radical (unpaired) electrons. The van der Waals surface area contributed by atoms with Crippen molar-refractivity contribution in [2.75, 3.05) is 13.6 Å². The van der Waals surface area contributed by atoms with E-state index >= 15 is 0 Å². The number of rotatable bonds is 7. The third-order valence-corrected chi connectivity index (χ3v) is 4.73. The maximum absolute atomic E-state index is 12.2. The van der Waals surface area contributed by atoms with Crippen LogP contribution in [-0.2, 0) is 30.0 Å². The van der Waals surface area contributed by atoms with E-state index in [1.165, 1.54) is 0 Å². The number of hydrogen-bond donors (Lipinski definition) is 2. The topological polar surface area (TPSA) is 63.1 Å². The highest BCUT2D eigenvalue weighted by Gasteiger charge is 2.16. The van der Waals surface area contributed by atoms with Crippen LogP contribution in [0.2, 0.25) is 0 Å². The van der Waals surface area contributed by atoms with Crippen molar-refractivity contribution in [3.63, 3.8) is 0 Å². The highest BCUT2D eigenvalue weighted by molar-refractivity contribution is 7.89. The molecule has 6 heteroatoms. The summed E-state index contributed by atoms with van der Waals surface area (Å²) in [6.45, 7) is 1.03. The zero-order valence-electron chi connectivity index (χ0n) is 12.3. The minimum Gasteiger partial charge on any atom is -0.352 e. The van der Waals surface area contributed by atoms with E-state index in [-0.39, 0.29) is 0 Å². The average molecular weight is 307 g/mol. The molecule has 114 valence electrons. The summed E-state index contributed by atoms with van der Waals surface area (Å²) < 4.78 is 29.0. The molecule has 0 bridgehead atoms. The van der Waals surface area contributed by atoms with Gasteiger partial charge in [-0.15, -0.1) is 0 Å². The SMILES string of the molecule is CNCc1cc(S(=O)(=O)NCCc2ccccc2)cn1C. The molecule has 2 N–H and O–H groups in total. The maximum Gasteiger partial charge on any atom is 0.242 e. The van der Waals surface area contributed by atoms with Crippen LogP contribution in [-0.4, -0.2) is 26.6 Å². The summed E-state index contributed by atoms with van der Waals surface area (Å²) in [6, 6.07) is 11.5. The lowest BCUT2D eigenvalue weighted by Gasteiger charge is -2.05. The lowest BCUT2D eigenvalue weighted by atomic mass is 10.2. The van der Waals surface area contributed by atoms with Gasteiger partial charge in [-0.2, -0.15) is 0 Å². The predicted octanol–water partition coefficient (Wildman–Crippen LogP) is 1.27. The number of nitrogens with zero attached hydrogens (tertiary/aromatic N) is 1. The molecule has 0 amide bonds. The molecule has 2 rings (SSSR count). The van der Waals surface area contributed by atoms with E-state index in [2.05, 4.69) is 10.0 Å². The predicted molar refractivity (Wildman–Crippen MR) is 83.5 cm³/mol. The van der Waals surface area contributed by atoms with Crippen LogP contribution >= 0.6 is 0 Å². The van der Waals surface area contributed by atoms with Crippen molar-refractivity contribution in [2.45, 2.75) is 17.9 Å². The largest absolute Gasteiger partial charge is 0.352 e. The molecule has 1 aromatic carbocycles. The normalized spacial score (nSPS) is 11.7. The van der Waals surface area contributed by atoms with Gasteiger partial charge in [0, 0.05) is 32.0 Å². The standard InChI is InChI=1S/C15H21N3O2S/c1-16-11-14-10-15(12-18(14)2)21(19,20)17-9-8-13-6-4-3-5-7-13/h3-7,10,12,16-17H,8-9,11H2,1-2H3. The van der Waals surface area contributed by atoms with Crippen molar-refractivity contribution in [3.8, 4) is 0 Å². The second-order valence-corrected chi connectivity index (χ2v) is 6.71. The van der Waals surface area contributed by atoms with Gasteiger partial charge in [-0.3, -0.25) is 0 Å². The van der Waals surface area contributed by atoms with Crippen LogP contribution < -0.4 is 10.0 Å². The molecular weight excluding hydrogens is 286 g/mol. The molecule has 0 aliphatic carbocycles. The summed E-state index contributed by atoms with van der Waals surface area (Å²) in [5, 5.41) is 3.02. The molecule has 0 atom stereocenters. The van der Waals surface area contributed by atoms with E-state index in [4.69, 9.17) is 0 Å². The van der Waals surface area contributed by atoms with E-state index in [9.17, 15) is 8.42 Å². The fourth-order valence-corrected chi connectivity index (χ4v) is 3.26. The quantitative estimate of drug-likeness (QED) is 0.809. The van der Waals surface area contributed by atoms with Crippen molar-refractivity contribution in [3.05, 3.63) is 53.9 Å². The molecule has 0 fully saturated rings. The summed E-state index contributed by atoms with van der Waals surface area (Å²) in [7, 11) is 0.227. The molecule has 1 aromatic heterocycles.